The lowest BCUT2D eigenvalue weighted by Gasteiger charge is -2.01. The van der Waals surface area contributed by atoms with Crippen molar-refractivity contribution in [3.8, 4) is 5.69 Å². The highest BCUT2D eigenvalue weighted by Gasteiger charge is 2.28. The Morgan fingerprint density at radius 2 is 2.20 bits per heavy atom. The van der Waals surface area contributed by atoms with Crippen LogP contribution in [0.25, 0.3) is 5.69 Å². The number of carbonyl (C=O) groups excluding carboxylic acids is 1. The smallest absolute Gasteiger partial charge is 0.319 e. The second-order valence-corrected chi connectivity index (χ2v) is 7.16. The van der Waals surface area contributed by atoms with Crippen LogP contribution in [-0.4, -0.2) is 27.6 Å². The molecule has 0 aliphatic carbocycles. The van der Waals surface area contributed by atoms with Crippen molar-refractivity contribution in [1.82, 2.24) is 9.78 Å². The maximum atomic E-state index is 12.9. The van der Waals surface area contributed by atoms with Crippen LogP contribution < -0.4 is 0 Å². The van der Waals surface area contributed by atoms with E-state index in [2.05, 4.69) is 5.10 Å². The van der Waals surface area contributed by atoms with Crippen LogP contribution in [0.1, 0.15) is 6.42 Å². The zero-order chi connectivity index (χ0) is 14.1. The van der Waals surface area contributed by atoms with Gasteiger partial charge in [0.1, 0.15) is 11.1 Å². The maximum Gasteiger partial charge on any atom is 0.319 e. The van der Waals surface area contributed by atoms with E-state index in [1.165, 1.54) is 35.2 Å². The number of hydrogen-bond donors (Lipinski definition) is 0. The predicted octanol–water partition coefficient (Wildman–Crippen LogP) is 3.21. The van der Waals surface area contributed by atoms with Crippen molar-refractivity contribution in [1.29, 1.82) is 0 Å². The molecule has 8 heteroatoms. The number of esters is 1. The van der Waals surface area contributed by atoms with E-state index in [1.807, 2.05) is 0 Å². The second-order valence-electron chi connectivity index (χ2n) is 4.08. The van der Waals surface area contributed by atoms with Crippen LogP contribution >= 0.6 is 35.3 Å². The summed E-state index contributed by atoms with van der Waals surface area (Å²) >= 11 is 7.95. The van der Waals surface area contributed by atoms with Crippen molar-refractivity contribution >= 4 is 41.3 Å². The van der Waals surface area contributed by atoms with Gasteiger partial charge in [0.05, 0.1) is 12.3 Å². The van der Waals surface area contributed by atoms with Crippen molar-refractivity contribution in [2.45, 2.75) is 16.0 Å². The monoisotopic (exact) mass is 328 g/mol. The lowest BCUT2D eigenvalue weighted by Crippen LogP contribution is -2.09. The van der Waals surface area contributed by atoms with Gasteiger partial charge in [0.15, 0.2) is 8.29 Å². The number of hydrogen-bond acceptors (Lipinski definition) is 6. The lowest BCUT2D eigenvalue weighted by molar-refractivity contribution is -0.137. The minimum atomic E-state index is -0.307. The molecule has 4 nitrogen and oxygen atoms in total. The van der Waals surface area contributed by atoms with Gasteiger partial charge in [-0.15, -0.1) is 5.10 Å². The molecule has 1 atom stereocenters. The Balaban J connectivity index is 1.85. The first-order chi connectivity index (χ1) is 9.63. The van der Waals surface area contributed by atoms with Gasteiger partial charge >= 0.3 is 5.97 Å². The Bertz CT molecular complexity index is 695. The molecule has 1 aliphatic heterocycles. The summed E-state index contributed by atoms with van der Waals surface area (Å²) < 4.78 is 20.7. The van der Waals surface area contributed by atoms with Gasteiger partial charge in [-0.05, 0) is 36.5 Å². The molecular formula is C12H9FN2O2S3. The van der Waals surface area contributed by atoms with Crippen molar-refractivity contribution in [2.24, 2.45) is 0 Å². The van der Waals surface area contributed by atoms with Gasteiger partial charge in [-0.1, -0.05) is 23.1 Å². The van der Waals surface area contributed by atoms with Crippen LogP contribution in [0.4, 0.5) is 4.39 Å². The Hall–Kier alpha value is -1.25. The standard InChI is InChI=1S/C12H9FN2O2S3/c13-7-1-3-8(4-2-7)15-12(18)20-11(14-15)19-9-5-6-17-10(9)16/h1-4,9H,5-6H2/t9-/m0/s1. The minimum Gasteiger partial charge on any atom is -0.465 e. The van der Waals surface area contributed by atoms with E-state index < -0.39 is 0 Å². The van der Waals surface area contributed by atoms with Crippen LogP contribution in [0.5, 0.6) is 0 Å². The average molecular weight is 328 g/mol. The first-order valence-electron chi connectivity index (χ1n) is 5.83. The minimum absolute atomic E-state index is 0.204. The summed E-state index contributed by atoms with van der Waals surface area (Å²) in [5.41, 5.74) is 0.702. The van der Waals surface area contributed by atoms with Gasteiger partial charge in [-0.25, -0.2) is 9.07 Å². The quantitative estimate of drug-likeness (QED) is 0.639. The van der Waals surface area contributed by atoms with Crippen molar-refractivity contribution < 1.29 is 13.9 Å². The average Bonchev–Trinajstić information content (AvgIpc) is 2.98. The third-order valence-corrected chi connectivity index (χ3v) is 5.29. The molecule has 0 radical (unpaired) electrons. The first kappa shape index (κ1) is 13.7. The topological polar surface area (TPSA) is 44.1 Å². The van der Waals surface area contributed by atoms with Crippen LogP contribution in [0.2, 0.25) is 0 Å². The fourth-order valence-electron chi connectivity index (χ4n) is 1.76. The van der Waals surface area contributed by atoms with E-state index in [9.17, 15) is 9.18 Å². The zero-order valence-corrected chi connectivity index (χ0v) is 12.6. The number of ether oxygens (including phenoxy) is 1. The van der Waals surface area contributed by atoms with E-state index in [1.54, 1.807) is 16.8 Å². The Kier molecular flexibility index (Phi) is 3.86. The first-order valence-corrected chi connectivity index (χ1v) is 7.93. The van der Waals surface area contributed by atoms with E-state index >= 15 is 0 Å². The SMILES string of the molecule is O=C1OCC[C@@H]1Sc1nn(-c2ccc(F)cc2)c(=S)s1. The number of rotatable bonds is 3. The van der Waals surface area contributed by atoms with Crippen molar-refractivity contribution in [2.75, 3.05) is 6.61 Å². The summed E-state index contributed by atoms with van der Waals surface area (Å²) in [4.78, 5) is 11.4. The summed E-state index contributed by atoms with van der Waals surface area (Å²) in [5, 5.41) is 4.16. The van der Waals surface area contributed by atoms with E-state index in [0.29, 0.717) is 27.0 Å². The molecule has 1 aliphatic rings. The molecule has 0 unspecified atom stereocenters. The van der Waals surface area contributed by atoms with E-state index in [0.717, 1.165) is 0 Å². The number of aromatic nitrogens is 2. The van der Waals surface area contributed by atoms with Gasteiger partial charge in [0, 0.05) is 6.42 Å². The molecule has 1 aromatic heterocycles. The number of nitrogens with zero attached hydrogens (tertiary/aromatic N) is 2. The van der Waals surface area contributed by atoms with Crippen LogP contribution in [0.3, 0.4) is 0 Å². The Morgan fingerprint density at radius 1 is 1.45 bits per heavy atom. The highest BCUT2D eigenvalue weighted by Crippen LogP contribution is 2.32. The van der Waals surface area contributed by atoms with Crippen molar-refractivity contribution in [3.63, 3.8) is 0 Å². The summed E-state index contributed by atoms with van der Waals surface area (Å²) in [6.45, 7) is 0.459. The summed E-state index contributed by atoms with van der Waals surface area (Å²) in [7, 11) is 0. The predicted molar refractivity (Wildman–Crippen MR) is 77.5 cm³/mol. The molecule has 104 valence electrons. The van der Waals surface area contributed by atoms with Gasteiger partial charge < -0.3 is 4.74 Å². The molecule has 1 fully saturated rings. The molecule has 3 rings (SSSR count). The summed E-state index contributed by atoms with van der Waals surface area (Å²) in [6.07, 6.45) is 0.687. The van der Waals surface area contributed by atoms with Gasteiger partial charge in [-0.2, -0.15) is 0 Å². The lowest BCUT2D eigenvalue weighted by atomic mass is 10.3. The van der Waals surface area contributed by atoms with Crippen molar-refractivity contribution in [3.05, 3.63) is 34.0 Å². The van der Waals surface area contributed by atoms with Gasteiger partial charge in [0.2, 0.25) is 0 Å². The highest BCUT2D eigenvalue weighted by molar-refractivity contribution is 8.02. The Morgan fingerprint density at radius 3 is 2.85 bits per heavy atom. The third kappa shape index (κ3) is 2.77. The number of halogens is 1. The Labute approximate surface area is 127 Å². The second kappa shape index (κ2) is 5.63. The molecule has 0 bridgehead atoms. The zero-order valence-electron chi connectivity index (χ0n) is 10.1. The van der Waals surface area contributed by atoms with Crippen LogP contribution in [0.15, 0.2) is 28.6 Å². The summed E-state index contributed by atoms with van der Waals surface area (Å²) in [6, 6.07) is 5.95. The molecule has 0 N–H and O–H groups in total. The summed E-state index contributed by atoms with van der Waals surface area (Å²) in [5.74, 6) is -0.511. The van der Waals surface area contributed by atoms with E-state index in [-0.39, 0.29) is 17.0 Å². The molecule has 1 aromatic carbocycles. The molecule has 1 saturated heterocycles. The number of benzene rings is 1. The fraction of sp³-hybridized carbons (Fsp3) is 0.250. The van der Waals surface area contributed by atoms with Gasteiger partial charge in [0.25, 0.3) is 0 Å². The number of cyclic esters (lactones) is 1. The largest absolute Gasteiger partial charge is 0.465 e. The molecule has 20 heavy (non-hydrogen) atoms. The number of thioether (sulfide) groups is 1. The molecule has 0 spiro atoms. The highest BCUT2D eigenvalue weighted by atomic mass is 32.2. The molecule has 0 amide bonds. The van der Waals surface area contributed by atoms with Crippen LogP contribution in [-0.2, 0) is 9.53 Å². The molecule has 0 saturated carbocycles. The fourth-order valence-corrected chi connectivity index (χ4v) is 4.33. The molecule has 2 heterocycles. The van der Waals surface area contributed by atoms with Gasteiger partial charge in [-0.3, -0.25) is 4.79 Å². The van der Waals surface area contributed by atoms with E-state index in [4.69, 9.17) is 17.0 Å². The number of carbonyl (C=O) groups is 1. The maximum absolute atomic E-state index is 12.9. The third-order valence-electron chi connectivity index (χ3n) is 2.73. The molecular weight excluding hydrogens is 319 g/mol. The van der Waals surface area contributed by atoms with Crippen LogP contribution in [0, 0.1) is 9.77 Å². The molecule has 2 aromatic rings. The normalized spacial score (nSPS) is 18.2.